The summed E-state index contributed by atoms with van der Waals surface area (Å²) in [5, 5.41) is 2.77. The van der Waals surface area contributed by atoms with Crippen LogP contribution in [-0.2, 0) is 16.1 Å². The summed E-state index contributed by atoms with van der Waals surface area (Å²) in [6, 6.07) is 16.0. The van der Waals surface area contributed by atoms with E-state index in [1.807, 2.05) is 44.2 Å². The van der Waals surface area contributed by atoms with Gasteiger partial charge in [-0.3, -0.25) is 4.79 Å². The Balaban J connectivity index is 2.05. The van der Waals surface area contributed by atoms with Gasteiger partial charge in [-0.05, 0) is 29.7 Å². The summed E-state index contributed by atoms with van der Waals surface area (Å²) in [6.07, 6.45) is 0.750. The van der Waals surface area contributed by atoms with Crippen LogP contribution in [0.25, 0.3) is 0 Å². The molecule has 0 aliphatic carbocycles. The average Bonchev–Trinajstić information content (AvgIpc) is 2.70. The molecule has 5 nitrogen and oxygen atoms in total. The van der Waals surface area contributed by atoms with E-state index in [4.69, 9.17) is 9.47 Å². The maximum Gasteiger partial charge on any atom is 0.328 e. The SMILES string of the molecule is CC[C@@H](C)[C@@H](NC(=O)c1cccc(OCc2ccccc2)c1)C(=O)OC. The maximum atomic E-state index is 12.5. The number of benzene rings is 2. The van der Waals surface area contributed by atoms with Crippen LogP contribution in [0.2, 0.25) is 0 Å². The predicted molar refractivity (Wildman–Crippen MR) is 99.9 cm³/mol. The molecule has 2 atom stereocenters. The van der Waals surface area contributed by atoms with E-state index in [0.29, 0.717) is 17.9 Å². The molecule has 0 heterocycles. The van der Waals surface area contributed by atoms with Gasteiger partial charge in [0.15, 0.2) is 0 Å². The highest BCUT2D eigenvalue weighted by molar-refractivity contribution is 5.97. The fourth-order valence-electron chi connectivity index (χ4n) is 2.49. The van der Waals surface area contributed by atoms with E-state index in [1.54, 1.807) is 24.3 Å². The molecule has 0 bridgehead atoms. The number of carbonyl (C=O) groups is 2. The minimum absolute atomic E-state index is 0.0242. The molecule has 2 aromatic carbocycles. The van der Waals surface area contributed by atoms with Crippen molar-refractivity contribution in [3.05, 3.63) is 65.7 Å². The van der Waals surface area contributed by atoms with Gasteiger partial charge in [0.2, 0.25) is 0 Å². The standard InChI is InChI=1S/C21H25NO4/c1-4-15(2)19(21(24)25-3)22-20(23)17-11-8-12-18(13-17)26-14-16-9-6-5-7-10-16/h5-13,15,19H,4,14H2,1-3H3,(H,22,23)/t15-,19-/m1/s1. The van der Waals surface area contributed by atoms with Gasteiger partial charge in [-0.1, -0.05) is 56.7 Å². The minimum atomic E-state index is -0.675. The molecule has 0 unspecified atom stereocenters. The summed E-state index contributed by atoms with van der Waals surface area (Å²) in [5.41, 5.74) is 1.48. The van der Waals surface area contributed by atoms with E-state index in [0.717, 1.165) is 12.0 Å². The molecule has 0 saturated heterocycles. The summed E-state index contributed by atoms with van der Waals surface area (Å²) < 4.78 is 10.6. The largest absolute Gasteiger partial charge is 0.489 e. The molecule has 5 heteroatoms. The van der Waals surface area contributed by atoms with Gasteiger partial charge in [0, 0.05) is 5.56 Å². The van der Waals surface area contributed by atoms with Crippen LogP contribution in [-0.4, -0.2) is 25.0 Å². The Morgan fingerprint density at radius 2 is 1.81 bits per heavy atom. The zero-order valence-electron chi connectivity index (χ0n) is 15.4. The van der Waals surface area contributed by atoms with E-state index < -0.39 is 12.0 Å². The minimum Gasteiger partial charge on any atom is -0.489 e. The van der Waals surface area contributed by atoms with Gasteiger partial charge >= 0.3 is 5.97 Å². The van der Waals surface area contributed by atoms with Gasteiger partial charge in [-0.2, -0.15) is 0 Å². The zero-order valence-corrected chi connectivity index (χ0v) is 15.4. The summed E-state index contributed by atoms with van der Waals surface area (Å²) in [5.74, 6) is -0.196. The van der Waals surface area contributed by atoms with Gasteiger partial charge in [-0.15, -0.1) is 0 Å². The van der Waals surface area contributed by atoms with Crippen LogP contribution >= 0.6 is 0 Å². The lowest BCUT2D eigenvalue weighted by Gasteiger charge is -2.22. The number of carbonyl (C=O) groups excluding carboxylic acids is 2. The van der Waals surface area contributed by atoms with Crippen LogP contribution in [0.3, 0.4) is 0 Å². The number of hydrogen-bond donors (Lipinski definition) is 1. The van der Waals surface area contributed by atoms with Gasteiger partial charge in [0.1, 0.15) is 18.4 Å². The van der Waals surface area contributed by atoms with Crippen LogP contribution in [0.15, 0.2) is 54.6 Å². The van der Waals surface area contributed by atoms with E-state index in [1.165, 1.54) is 7.11 Å². The number of nitrogens with one attached hydrogen (secondary N) is 1. The molecule has 1 amide bonds. The van der Waals surface area contributed by atoms with Crippen molar-refractivity contribution in [3.63, 3.8) is 0 Å². The normalized spacial score (nSPS) is 12.7. The number of rotatable bonds is 8. The summed E-state index contributed by atoms with van der Waals surface area (Å²) in [7, 11) is 1.32. The Labute approximate surface area is 154 Å². The molecular formula is C21H25NO4. The predicted octanol–water partition coefficient (Wildman–Crippen LogP) is 3.58. The lowest BCUT2D eigenvalue weighted by Crippen LogP contribution is -2.45. The Bertz CT molecular complexity index is 730. The Hall–Kier alpha value is -2.82. The first-order chi connectivity index (χ1) is 12.5. The van der Waals surface area contributed by atoms with Gasteiger partial charge in [0.05, 0.1) is 7.11 Å². The van der Waals surface area contributed by atoms with Crippen LogP contribution in [0.4, 0.5) is 0 Å². The molecule has 138 valence electrons. The maximum absolute atomic E-state index is 12.5. The highest BCUT2D eigenvalue weighted by atomic mass is 16.5. The molecule has 0 saturated carbocycles. The first-order valence-corrected chi connectivity index (χ1v) is 8.70. The third-order valence-electron chi connectivity index (χ3n) is 4.30. The van der Waals surface area contributed by atoms with Crippen molar-refractivity contribution < 1.29 is 19.1 Å². The van der Waals surface area contributed by atoms with Crippen LogP contribution < -0.4 is 10.1 Å². The topological polar surface area (TPSA) is 64.6 Å². The van der Waals surface area contributed by atoms with Crippen LogP contribution in [0.5, 0.6) is 5.75 Å². The van der Waals surface area contributed by atoms with Crippen LogP contribution in [0, 0.1) is 5.92 Å². The first kappa shape index (κ1) is 19.5. The van der Waals surface area contributed by atoms with E-state index in [2.05, 4.69) is 5.32 Å². The van der Waals surface area contributed by atoms with E-state index in [-0.39, 0.29) is 11.8 Å². The Morgan fingerprint density at radius 1 is 1.08 bits per heavy atom. The second-order valence-corrected chi connectivity index (χ2v) is 6.16. The smallest absolute Gasteiger partial charge is 0.328 e. The molecule has 2 aromatic rings. The molecule has 0 aliphatic rings. The lowest BCUT2D eigenvalue weighted by molar-refractivity contribution is -0.144. The number of esters is 1. The van der Waals surface area contributed by atoms with Crippen molar-refractivity contribution in [2.45, 2.75) is 32.9 Å². The highest BCUT2D eigenvalue weighted by Crippen LogP contribution is 2.16. The first-order valence-electron chi connectivity index (χ1n) is 8.70. The van der Waals surface area contributed by atoms with Gasteiger partial charge in [0.25, 0.3) is 5.91 Å². The summed E-state index contributed by atoms with van der Waals surface area (Å²) in [6.45, 7) is 4.29. The number of hydrogen-bond acceptors (Lipinski definition) is 4. The quantitative estimate of drug-likeness (QED) is 0.735. The second-order valence-electron chi connectivity index (χ2n) is 6.16. The van der Waals surface area contributed by atoms with Crippen molar-refractivity contribution in [2.75, 3.05) is 7.11 Å². The summed E-state index contributed by atoms with van der Waals surface area (Å²) >= 11 is 0. The van der Waals surface area contributed by atoms with Crippen molar-refractivity contribution >= 4 is 11.9 Å². The van der Waals surface area contributed by atoms with Crippen LogP contribution in [0.1, 0.15) is 36.2 Å². The van der Waals surface area contributed by atoms with E-state index >= 15 is 0 Å². The van der Waals surface area contributed by atoms with Gasteiger partial charge in [-0.25, -0.2) is 4.79 Å². The summed E-state index contributed by atoms with van der Waals surface area (Å²) in [4.78, 5) is 24.5. The third-order valence-corrected chi connectivity index (χ3v) is 4.30. The van der Waals surface area contributed by atoms with Crippen molar-refractivity contribution in [3.8, 4) is 5.75 Å². The third kappa shape index (κ3) is 5.34. The van der Waals surface area contributed by atoms with Crippen molar-refractivity contribution in [1.29, 1.82) is 0 Å². The van der Waals surface area contributed by atoms with Crippen molar-refractivity contribution in [2.24, 2.45) is 5.92 Å². The molecule has 2 rings (SSSR count). The Morgan fingerprint density at radius 3 is 2.46 bits per heavy atom. The second kappa shape index (κ2) is 9.61. The molecular weight excluding hydrogens is 330 g/mol. The zero-order chi connectivity index (χ0) is 18.9. The number of amides is 1. The number of ether oxygens (including phenoxy) is 2. The van der Waals surface area contributed by atoms with Gasteiger partial charge < -0.3 is 14.8 Å². The fraction of sp³-hybridized carbons (Fsp3) is 0.333. The van der Waals surface area contributed by atoms with Crippen molar-refractivity contribution in [1.82, 2.24) is 5.32 Å². The lowest BCUT2D eigenvalue weighted by atomic mass is 9.99. The molecule has 26 heavy (non-hydrogen) atoms. The number of methoxy groups -OCH3 is 1. The highest BCUT2D eigenvalue weighted by Gasteiger charge is 2.27. The molecule has 0 radical (unpaired) electrons. The molecule has 0 spiro atoms. The van der Waals surface area contributed by atoms with E-state index in [9.17, 15) is 9.59 Å². The molecule has 0 aromatic heterocycles. The molecule has 1 N–H and O–H groups in total. The monoisotopic (exact) mass is 355 g/mol. The fourth-order valence-corrected chi connectivity index (χ4v) is 2.49. The molecule has 0 fully saturated rings. The average molecular weight is 355 g/mol. The Kier molecular flexibility index (Phi) is 7.21. The molecule has 0 aliphatic heterocycles.